The maximum absolute atomic E-state index is 12.0. The summed E-state index contributed by atoms with van der Waals surface area (Å²) in [7, 11) is 0. The van der Waals surface area contributed by atoms with Crippen LogP contribution in [0, 0.1) is 0 Å². The molecule has 0 fully saturated rings. The molecule has 4 rings (SSSR count). The Kier molecular flexibility index (Phi) is 2.77. The molecule has 23 heavy (non-hydrogen) atoms. The molecular weight excluding hydrogens is 294 g/mol. The van der Waals surface area contributed by atoms with Gasteiger partial charge in [-0.05, 0) is 23.8 Å². The van der Waals surface area contributed by atoms with E-state index >= 15 is 0 Å². The van der Waals surface area contributed by atoms with Crippen LogP contribution in [0.5, 0.6) is 5.75 Å². The zero-order chi connectivity index (χ0) is 16.0. The van der Waals surface area contributed by atoms with Crippen molar-refractivity contribution in [1.29, 1.82) is 0 Å². The standard InChI is InChI=1S/C17H11N3O3/c21-9-10-4-3-7-14(22)16(10)12-8-15-18-19-17(23)20(15)13-6-2-1-5-11(12)13/h1-9,22H,(H,19,23). The second-order valence-corrected chi connectivity index (χ2v) is 5.16. The number of aromatic nitrogens is 3. The maximum atomic E-state index is 12.0. The Hall–Kier alpha value is -3.41. The molecule has 0 bridgehead atoms. The minimum absolute atomic E-state index is 0.00184. The highest BCUT2D eigenvalue weighted by Gasteiger charge is 2.16. The SMILES string of the molecule is O=Cc1cccc(O)c1-c1cc2n[nH]c(=O)n2c2ccccc12. The number of hydrogen-bond donors (Lipinski definition) is 2. The summed E-state index contributed by atoms with van der Waals surface area (Å²) in [6.07, 6.45) is 0.699. The summed E-state index contributed by atoms with van der Waals surface area (Å²) in [5.74, 6) is 0.00184. The molecule has 0 saturated heterocycles. The van der Waals surface area contributed by atoms with Crippen LogP contribution in [0.4, 0.5) is 0 Å². The molecule has 2 aromatic heterocycles. The molecule has 0 atom stereocenters. The highest BCUT2D eigenvalue weighted by molar-refractivity contribution is 6.02. The van der Waals surface area contributed by atoms with E-state index in [9.17, 15) is 14.7 Å². The third-order valence-electron chi connectivity index (χ3n) is 3.88. The van der Waals surface area contributed by atoms with Gasteiger partial charge in [-0.15, -0.1) is 0 Å². The number of benzene rings is 2. The first-order valence-electron chi connectivity index (χ1n) is 6.97. The zero-order valence-electron chi connectivity index (χ0n) is 11.9. The van der Waals surface area contributed by atoms with Crippen molar-refractivity contribution < 1.29 is 9.90 Å². The molecule has 4 aromatic rings. The van der Waals surface area contributed by atoms with Gasteiger partial charge in [-0.2, -0.15) is 5.10 Å². The lowest BCUT2D eigenvalue weighted by molar-refractivity contribution is 0.112. The Morgan fingerprint density at radius 2 is 1.96 bits per heavy atom. The summed E-state index contributed by atoms with van der Waals surface area (Å²) >= 11 is 0. The predicted octanol–water partition coefficient (Wildman–Crippen LogP) is 2.36. The van der Waals surface area contributed by atoms with Crippen LogP contribution in [-0.2, 0) is 0 Å². The molecule has 2 aromatic carbocycles. The van der Waals surface area contributed by atoms with Crippen molar-refractivity contribution in [2.75, 3.05) is 0 Å². The second kappa shape index (κ2) is 4.81. The van der Waals surface area contributed by atoms with Crippen molar-refractivity contribution in [3.63, 3.8) is 0 Å². The third kappa shape index (κ3) is 1.85. The van der Waals surface area contributed by atoms with Crippen LogP contribution < -0.4 is 5.69 Å². The first-order valence-corrected chi connectivity index (χ1v) is 6.97. The van der Waals surface area contributed by atoms with Crippen LogP contribution >= 0.6 is 0 Å². The number of nitrogens with zero attached hydrogens (tertiary/aromatic N) is 2. The first-order chi connectivity index (χ1) is 11.2. The van der Waals surface area contributed by atoms with Gasteiger partial charge in [0.05, 0.1) is 5.52 Å². The van der Waals surface area contributed by atoms with Crippen LogP contribution in [0.3, 0.4) is 0 Å². The van der Waals surface area contributed by atoms with Gasteiger partial charge in [0.2, 0.25) is 0 Å². The molecule has 6 heteroatoms. The van der Waals surface area contributed by atoms with Crippen LogP contribution in [0.2, 0.25) is 0 Å². The number of carbonyl (C=O) groups is 1. The van der Waals surface area contributed by atoms with Crippen LogP contribution in [0.1, 0.15) is 10.4 Å². The van der Waals surface area contributed by atoms with Gasteiger partial charge in [-0.1, -0.05) is 30.3 Å². The number of aromatic hydroxyl groups is 1. The van der Waals surface area contributed by atoms with Crippen LogP contribution in [0.15, 0.2) is 53.3 Å². The quantitative estimate of drug-likeness (QED) is 0.557. The monoisotopic (exact) mass is 305 g/mol. The number of phenols is 1. The number of rotatable bonds is 2. The number of aromatic amines is 1. The van der Waals surface area contributed by atoms with E-state index in [2.05, 4.69) is 10.2 Å². The van der Waals surface area contributed by atoms with Crippen LogP contribution in [0.25, 0.3) is 27.7 Å². The largest absolute Gasteiger partial charge is 0.507 e. The molecule has 2 N–H and O–H groups in total. The minimum atomic E-state index is -0.337. The topological polar surface area (TPSA) is 87.5 Å². The summed E-state index contributed by atoms with van der Waals surface area (Å²) < 4.78 is 1.46. The lowest BCUT2D eigenvalue weighted by Crippen LogP contribution is -2.10. The fourth-order valence-corrected chi connectivity index (χ4v) is 2.90. The maximum Gasteiger partial charge on any atom is 0.348 e. The molecule has 0 radical (unpaired) electrons. The third-order valence-corrected chi connectivity index (χ3v) is 3.88. The number of phenolic OH excluding ortho intramolecular Hbond substituents is 1. The Morgan fingerprint density at radius 3 is 2.78 bits per heavy atom. The average Bonchev–Trinajstić information content (AvgIpc) is 2.95. The molecule has 6 nitrogen and oxygen atoms in total. The van der Waals surface area contributed by atoms with Crippen molar-refractivity contribution in [2.45, 2.75) is 0 Å². The van der Waals surface area contributed by atoms with Gasteiger partial charge >= 0.3 is 5.69 Å². The zero-order valence-corrected chi connectivity index (χ0v) is 11.9. The van der Waals surface area contributed by atoms with Crippen molar-refractivity contribution >= 4 is 22.8 Å². The summed E-state index contributed by atoms with van der Waals surface area (Å²) in [5, 5.41) is 17.4. The van der Waals surface area contributed by atoms with Crippen molar-refractivity contribution in [1.82, 2.24) is 14.6 Å². The summed E-state index contributed by atoms with van der Waals surface area (Å²) in [5.41, 5.74) is 2.18. The number of carbonyl (C=O) groups excluding carboxylic acids is 1. The molecule has 0 unspecified atom stereocenters. The number of pyridine rings is 1. The predicted molar refractivity (Wildman–Crippen MR) is 85.8 cm³/mol. The molecule has 0 aliphatic heterocycles. The van der Waals surface area contributed by atoms with Gasteiger partial charge in [0.15, 0.2) is 11.9 Å². The Morgan fingerprint density at radius 1 is 1.13 bits per heavy atom. The van der Waals surface area contributed by atoms with Gasteiger partial charge in [0.1, 0.15) is 5.75 Å². The molecule has 0 aliphatic carbocycles. The van der Waals surface area contributed by atoms with E-state index in [-0.39, 0.29) is 11.4 Å². The van der Waals surface area contributed by atoms with Gasteiger partial charge in [-0.25, -0.2) is 14.3 Å². The average molecular weight is 305 g/mol. The molecule has 0 amide bonds. The lowest BCUT2D eigenvalue weighted by atomic mass is 9.96. The van der Waals surface area contributed by atoms with E-state index < -0.39 is 0 Å². The molecule has 2 heterocycles. The molecule has 112 valence electrons. The van der Waals surface area contributed by atoms with E-state index in [1.807, 2.05) is 18.2 Å². The molecular formula is C17H11N3O3. The number of H-pyrrole nitrogens is 1. The van der Waals surface area contributed by atoms with Crippen molar-refractivity contribution in [3.8, 4) is 16.9 Å². The van der Waals surface area contributed by atoms with Gasteiger partial charge in [0.25, 0.3) is 0 Å². The number of fused-ring (bicyclic) bond motifs is 3. The summed E-state index contributed by atoms with van der Waals surface area (Å²) in [6, 6.07) is 13.7. The minimum Gasteiger partial charge on any atom is -0.507 e. The number of para-hydroxylation sites is 1. The van der Waals surface area contributed by atoms with E-state index in [4.69, 9.17) is 0 Å². The Labute approximate surface area is 129 Å². The van der Waals surface area contributed by atoms with E-state index in [1.54, 1.807) is 24.3 Å². The van der Waals surface area contributed by atoms with Gasteiger partial charge in [0, 0.05) is 16.5 Å². The summed E-state index contributed by atoms with van der Waals surface area (Å²) in [6.45, 7) is 0. The van der Waals surface area contributed by atoms with E-state index in [0.717, 1.165) is 5.39 Å². The fourth-order valence-electron chi connectivity index (χ4n) is 2.90. The lowest BCUT2D eigenvalue weighted by Gasteiger charge is -2.12. The molecule has 0 spiro atoms. The Balaban J connectivity index is 2.24. The fraction of sp³-hybridized carbons (Fsp3) is 0. The first kappa shape index (κ1) is 13.3. The van der Waals surface area contributed by atoms with Gasteiger partial charge < -0.3 is 5.11 Å². The van der Waals surface area contributed by atoms with Gasteiger partial charge in [-0.3, -0.25) is 4.79 Å². The normalized spacial score (nSPS) is 11.1. The van der Waals surface area contributed by atoms with E-state index in [0.29, 0.717) is 34.1 Å². The number of hydrogen-bond acceptors (Lipinski definition) is 4. The highest BCUT2D eigenvalue weighted by Crippen LogP contribution is 2.36. The van der Waals surface area contributed by atoms with Crippen LogP contribution in [-0.4, -0.2) is 26.0 Å². The van der Waals surface area contributed by atoms with Crippen molar-refractivity contribution in [2.24, 2.45) is 0 Å². The summed E-state index contributed by atoms with van der Waals surface area (Å²) in [4.78, 5) is 23.3. The van der Waals surface area contributed by atoms with E-state index in [1.165, 1.54) is 10.5 Å². The molecule has 0 aliphatic rings. The second-order valence-electron chi connectivity index (χ2n) is 5.16. The smallest absolute Gasteiger partial charge is 0.348 e. The highest BCUT2D eigenvalue weighted by atomic mass is 16.3. The van der Waals surface area contributed by atoms with Crippen molar-refractivity contribution in [3.05, 3.63) is 64.6 Å². The number of nitrogens with one attached hydrogen (secondary N) is 1. The Bertz CT molecular complexity index is 1130. The number of aldehydes is 1. The molecule has 0 saturated carbocycles.